The van der Waals surface area contributed by atoms with E-state index in [4.69, 9.17) is 10.0 Å². The highest BCUT2D eigenvalue weighted by Crippen LogP contribution is 1.92. The van der Waals surface area contributed by atoms with Gasteiger partial charge in [0.25, 0.3) is 0 Å². The summed E-state index contributed by atoms with van der Waals surface area (Å²) >= 11 is 0. The van der Waals surface area contributed by atoms with Gasteiger partial charge in [0.2, 0.25) is 0 Å². The van der Waals surface area contributed by atoms with Gasteiger partial charge in [-0.1, -0.05) is 45.2 Å². The fourth-order valence-corrected chi connectivity index (χ4v) is 0.278. The molecule has 0 aromatic heterocycles. The first-order valence-corrected chi connectivity index (χ1v) is 3.52. The molecule has 0 saturated carbocycles. The minimum Gasteiger partial charge on any atom is -0.423 e. The molecule has 0 unspecified atom stereocenters. The zero-order valence-electron chi connectivity index (χ0n) is 7.12. The van der Waals surface area contributed by atoms with Crippen LogP contribution in [0.5, 0.6) is 0 Å². The summed E-state index contributed by atoms with van der Waals surface area (Å²) in [6.45, 7) is 10.8. The minimum absolute atomic E-state index is 0.259. The first-order chi connectivity index (χ1) is 5.18. The predicted molar refractivity (Wildman–Crippen MR) is 50.0 cm³/mol. The van der Waals surface area contributed by atoms with Crippen LogP contribution >= 0.6 is 0 Å². The summed E-state index contributed by atoms with van der Waals surface area (Å²) < 4.78 is 0. The molecule has 0 fully saturated rings. The van der Waals surface area contributed by atoms with E-state index in [1.54, 1.807) is 6.08 Å². The molecule has 0 rings (SSSR count). The van der Waals surface area contributed by atoms with Crippen molar-refractivity contribution >= 4 is 7.12 Å². The monoisotopic (exact) mass is 154 g/mol. The van der Waals surface area contributed by atoms with Crippen LogP contribution in [0.2, 0.25) is 0 Å². The standard InChI is InChI=1S/C6H9BO2.C2H6/c1-3-4-5-6(2)7(8)9;1-2/h3-5,8-9H,1-2H2;1-2H3/b5-4-;. The Balaban J connectivity index is 0. The van der Waals surface area contributed by atoms with Crippen molar-refractivity contribution in [2.75, 3.05) is 0 Å². The van der Waals surface area contributed by atoms with Crippen LogP contribution in [0.1, 0.15) is 13.8 Å². The van der Waals surface area contributed by atoms with Crippen LogP contribution in [0.25, 0.3) is 0 Å². The average Bonchev–Trinajstić information content (AvgIpc) is 2.03. The van der Waals surface area contributed by atoms with Crippen molar-refractivity contribution in [2.24, 2.45) is 0 Å². The molecule has 0 bridgehead atoms. The summed E-state index contributed by atoms with van der Waals surface area (Å²) in [7, 11) is -1.46. The summed E-state index contributed by atoms with van der Waals surface area (Å²) in [4.78, 5) is 0. The number of hydrogen-bond donors (Lipinski definition) is 2. The third-order valence-corrected chi connectivity index (χ3v) is 0.778. The molecular formula is C8H15BO2. The van der Waals surface area contributed by atoms with Gasteiger partial charge in [0.1, 0.15) is 0 Å². The number of rotatable bonds is 3. The first kappa shape index (κ1) is 12.8. The molecule has 0 heterocycles. The van der Waals surface area contributed by atoms with Crippen LogP contribution in [0.4, 0.5) is 0 Å². The lowest BCUT2D eigenvalue weighted by atomic mass is 9.80. The molecule has 2 nitrogen and oxygen atoms in total. The highest BCUT2D eigenvalue weighted by molar-refractivity contribution is 6.51. The molecule has 0 spiro atoms. The Morgan fingerprint density at radius 2 is 1.82 bits per heavy atom. The van der Waals surface area contributed by atoms with Gasteiger partial charge in [0.15, 0.2) is 0 Å². The van der Waals surface area contributed by atoms with E-state index >= 15 is 0 Å². The summed E-state index contributed by atoms with van der Waals surface area (Å²) in [6.07, 6.45) is 4.60. The SMILES string of the molecule is C=C/C=C\C(=C)B(O)O.CC. The van der Waals surface area contributed by atoms with E-state index in [9.17, 15) is 0 Å². The zero-order valence-corrected chi connectivity index (χ0v) is 7.12. The van der Waals surface area contributed by atoms with Gasteiger partial charge in [-0.05, 0) is 5.47 Å². The van der Waals surface area contributed by atoms with Gasteiger partial charge in [-0.3, -0.25) is 0 Å². The summed E-state index contributed by atoms with van der Waals surface area (Å²) in [5.74, 6) is 0. The largest absolute Gasteiger partial charge is 0.487 e. The summed E-state index contributed by atoms with van der Waals surface area (Å²) in [5.41, 5.74) is 0.259. The molecule has 0 aliphatic carbocycles. The summed E-state index contributed by atoms with van der Waals surface area (Å²) in [6, 6.07) is 0. The van der Waals surface area contributed by atoms with Crippen LogP contribution in [0.15, 0.2) is 36.9 Å². The Morgan fingerprint density at radius 1 is 1.36 bits per heavy atom. The van der Waals surface area contributed by atoms with Crippen LogP contribution in [-0.2, 0) is 0 Å². The Labute approximate surface area is 68.7 Å². The van der Waals surface area contributed by atoms with Crippen LogP contribution < -0.4 is 0 Å². The van der Waals surface area contributed by atoms with E-state index in [2.05, 4.69) is 13.2 Å². The van der Waals surface area contributed by atoms with Crippen molar-refractivity contribution in [2.45, 2.75) is 13.8 Å². The molecule has 0 amide bonds. The molecule has 0 aliphatic rings. The minimum atomic E-state index is -1.46. The molecule has 0 aromatic rings. The van der Waals surface area contributed by atoms with Crippen LogP contribution in [0, 0.1) is 0 Å². The van der Waals surface area contributed by atoms with Crippen molar-refractivity contribution in [1.82, 2.24) is 0 Å². The Morgan fingerprint density at radius 3 is 2.09 bits per heavy atom. The lowest BCUT2D eigenvalue weighted by Gasteiger charge is -1.92. The van der Waals surface area contributed by atoms with Gasteiger partial charge in [-0.15, -0.1) is 0 Å². The number of hydrogen-bond acceptors (Lipinski definition) is 2. The van der Waals surface area contributed by atoms with Gasteiger partial charge in [-0.25, -0.2) is 0 Å². The smallest absolute Gasteiger partial charge is 0.423 e. The number of allylic oxidation sites excluding steroid dienone is 4. The third-order valence-electron chi connectivity index (χ3n) is 0.778. The van der Waals surface area contributed by atoms with Gasteiger partial charge in [0, 0.05) is 0 Å². The van der Waals surface area contributed by atoms with E-state index in [1.165, 1.54) is 12.2 Å². The summed E-state index contributed by atoms with van der Waals surface area (Å²) in [5, 5.41) is 16.8. The zero-order chi connectivity index (χ0) is 9.28. The van der Waals surface area contributed by atoms with Gasteiger partial charge in [-0.2, -0.15) is 0 Å². The van der Waals surface area contributed by atoms with E-state index in [0.29, 0.717) is 0 Å². The maximum Gasteiger partial charge on any atom is 0.487 e. The van der Waals surface area contributed by atoms with Crippen LogP contribution in [0.3, 0.4) is 0 Å². The Kier molecular flexibility index (Phi) is 10.7. The second kappa shape index (κ2) is 9.20. The van der Waals surface area contributed by atoms with Crippen molar-refractivity contribution in [3.8, 4) is 0 Å². The van der Waals surface area contributed by atoms with Gasteiger partial charge in [0.05, 0.1) is 0 Å². The maximum absolute atomic E-state index is 8.42. The van der Waals surface area contributed by atoms with Crippen molar-refractivity contribution in [1.29, 1.82) is 0 Å². The van der Waals surface area contributed by atoms with Gasteiger partial charge >= 0.3 is 7.12 Å². The third kappa shape index (κ3) is 9.20. The van der Waals surface area contributed by atoms with Gasteiger partial charge < -0.3 is 10.0 Å². The first-order valence-electron chi connectivity index (χ1n) is 3.52. The topological polar surface area (TPSA) is 40.5 Å². The molecule has 3 heteroatoms. The fourth-order valence-electron chi connectivity index (χ4n) is 0.278. The molecule has 0 radical (unpaired) electrons. The molecule has 11 heavy (non-hydrogen) atoms. The van der Waals surface area contributed by atoms with E-state index in [1.807, 2.05) is 13.8 Å². The Bertz CT molecular complexity index is 139. The Hall–Kier alpha value is -0.795. The normalized spacial score (nSPS) is 8.36. The second-order valence-electron chi connectivity index (χ2n) is 1.54. The average molecular weight is 154 g/mol. The molecule has 0 aromatic carbocycles. The molecule has 0 aliphatic heterocycles. The quantitative estimate of drug-likeness (QED) is 0.475. The van der Waals surface area contributed by atoms with Crippen molar-refractivity contribution in [3.05, 3.63) is 36.9 Å². The second-order valence-corrected chi connectivity index (χ2v) is 1.54. The molecule has 0 atom stereocenters. The van der Waals surface area contributed by atoms with Crippen molar-refractivity contribution in [3.63, 3.8) is 0 Å². The lowest BCUT2D eigenvalue weighted by molar-refractivity contribution is 0.421. The predicted octanol–water partition coefficient (Wildman–Crippen LogP) is 1.32. The molecule has 0 saturated heterocycles. The van der Waals surface area contributed by atoms with Crippen LogP contribution in [-0.4, -0.2) is 17.2 Å². The van der Waals surface area contributed by atoms with Crippen molar-refractivity contribution < 1.29 is 10.0 Å². The highest BCUT2D eigenvalue weighted by atomic mass is 16.4. The molecular weight excluding hydrogens is 139 g/mol. The van der Waals surface area contributed by atoms with E-state index in [0.717, 1.165) is 0 Å². The molecule has 62 valence electrons. The maximum atomic E-state index is 8.42. The molecule has 2 N–H and O–H groups in total. The van der Waals surface area contributed by atoms with E-state index in [-0.39, 0.29) is 5.47 Å². The fraction of sp³-hybridized carbons (Fsp3) is 0.250. The highest BCUT2D eigenvalue weighted by Gasteiger charge is 2.06. The van der Waals surface area contributed by atoms with E-state index < -0.39 is 7.12 Å². The lowest BCUT2D eigenvalue weighted by Crippen LogP contribution is -2.12.